The molecule has 0 aliphatic carbocycles. The van der Waals surface area contributed by atoms with Crippen molar-refractivity contribution in [2.45, 2.75) is 251 Å². The zero-order valence-electron chi connectivity index (χ0n) is 49.6. The third kappa shape index (κ3) is 65.0. The van der Waals surface area contributed by atoms with Gasteiger partial charge in [0.25, 0.3) is 0 Å². The van der Waals surface area contributed by atoms with Crippen molar-refractivity contribution in [2.75, 3.05) is 65.4 Å². The van der Waals surface area contributed by atoms with Gasteiger partial charge in [-0.25, -0.2) is 0 Å². The Hall–Kier alpha value is -3.24. The van der Waals surface area contributed by atoms with E-state index < -0.39 is 0 Å². The van der Waals surface area contributed by atoms with Crippen LogP contribution in [0.25, 0.3) is 0 Å². The van der Waals surface area contributed by atoms with Gasteiger partial charge in [0.1, 0.15) is 5.78 Å². The summed E-state index contributed by atoms with van der Waals surface area (Å²) in [5.41, 5.74) is 1.40. The maximum Gasteiger partial charge on any atom is 0.219 e. The average molecular weight is 949 g/mol. The number of ketones is 1. The van der Waals surface area contributed by atoms with Crippen LogP contribution in [0.15, 0.2) is 11.6 Å². The molecule has 5 amide bonds. The first-order valence-electron chi connectivity index (χ1n) is 27.1. The number of rotatable bonds is 1. The van der Waals surface area contributed by atoms with Crippen LogP contribution in [0.5, 0.6) is 0 Å². The average Bonchev–Trinajstić information content (AvgIpc) is 3.92. The van der Waals surface area contributed by atoms with Crippen LogP contribution in [0.3, 0.4) is 0 Å². The number of likely N-dealkylation sites (tertiary alicyclic amines) is 4. The molecule has 0 atom stereocenters. The van der Waals surface area contributed by atoms with Gasteiger partial charge in [-0.05, 0) is 78.1 Å². The summed E-state index contributed by atoms with van der Waals surface area (Å²) >= 11 is 0. The second-order valence-corrected chi connectivity index (χ2v) is 13.0. The third-order valence-corrected chi connectivity index (χ3v) is 8.83. The molecule has 11 nitrogen and oxygen atoms in total. The summed E-state index contributed by atoms with van der Waals surface area (Å²) in [6, 6.07) is 0. The number of piperidine rings is 2. The standard InChI is InChI=1S/C8H13NO.2C7H13NO.C6H11NO.C5H9NO.C4H8O.9C2H6/c1-7-3-5-9(6-4-7)8(2)10;2*1-7(9)8-5-3-2-4-6-8;1-6(8)7-4-2-3-5-7;1-5(7)6-3-2-4-6;1-3-4(2)5;9*1-2/h3H,4-6H2,1-2H3;2*2-6H2,1H3;2-5H2,1H3;2-4H2,1H3;3H2,1-2H3;9*1-2H3. The largest absolute Gasteiger partial charge is 0.343 e. The van der Waals surface area contributed by atoms with Gasteiger partial charge in [-0.15, -0.1) is 0 Å². The van der Waals surface area contributed by atoms with E-state index in [2.05, 4.69) is 13.0 Å². The van der Waals surface area contributed by atoms with Gasteiger partial charge in [-0.2, -0.15) is 0 Å². The molecule has 0 spiro atoms. The van der Waals surface area contributed by atoms with Gasteiger partial charge in [0, 0.05) is 106 Å². The van der Waals surface area contributed by atoms with E-state index in [-0.39, 0.29) is 35.3 Å². The van der Waals surface area contributed by atoms with Crippen molar-refractivity contribution in [3.05, 3.63) is 11.6 Å². The fourth-order valence-electron chi connectivity index (χ4n) is 5.14. The highest BCUT2D eigenvalue weighted by Crippen LogP contribution is 2.10. The monoisotopic (exact) mass is 948 g/mol. The van der Waals surface area contributed by atoms with Crippen LogP contribution in [0.1, 0.15) is 251 Å². The van der Waals surface area contributed by atoms with Gasteiger partial charge in [-0.1, -0.05) is 143 Å². The van der Waals surface area contributed by atoms with Crippen molar-refractivity contribution >= 4 is 35.3 Å². The Balaban J connectivity index is -0.0000000670. The normalized spacial score (nSPS) is 14.0. The molecule has 5 rings (SSSR count). The topological polar surface area (TPSA) is 119 Å². The van der Waals surface area contributed by atoms with Crippen LogP contribution in [0.4, 0.5) is 0 Å². The van der Waals surface area contributed by atoms with E-state index in [4.69, 9.17) is 0 Å². The lowest BCUT2D eigenvalue weighted by Gasteiger charge is -2.29. The van der Waals surface area contributed by atoms with Crippen LogP contribution in [-0.2, 0) is 28.8 Å². The number of hydrogen-bond donors (Lipinski definition) is 0. The molecule has 0 N–H and O–H groups in total. The summed E-state index contributed by atoms with van der Waals surface area (Å²) in [7, 11) is 0. The second kappa shape index (κ2) is 76.0. The minimum absolute atomic E-state index is 0.184. The lowest BCUT2D eigenvalue weighted by molar-refractivity contribution is -0.132. The predicted octanol–water partition coefficient (Wildman–Crippen LogP) is 14.3. The fraction of sp³-hybridized carbons (Fsp3) is 0.855. The second-order valence-electron chi connectivity index (χ2n) is 13.0. The van der Waals surface area contributed by atoms with E-state index in [1.165, 1.54) is 63.4 Å². The van der Waals surface area contributed by atoms with E-state index in [1.54, 1.807) is 41.5 Å². The molecule has 0 bridgehead atoms. The van der Waals surface area contributed by atoms with E-state index in [9.17, 15) is 28.8 Å². The summed E-state index contributed by atoms with van der Waals surface area (Å²) in [5, 5.41) is 0. The Bertz CT molecular complexity index is 985. The minimum Gasteiger partial charge on any atom is -0.343 e. The molecule has 0 radical (unpaired) electrons. The van der Waals surface area contributed by atoms with Crippen LogP contribution in [0, 0.1) is 0 Å². The Morgan fingerprint density at radius 2 is 0.545 bits per heavy atom. The van der Waals surface area contributed by atoms with Gasteiger partial charge in [-0.3, -0.25) is 24.0 Å². The van der Waals surface area contributed by atoms with Crippen molar-refractivity contribution in [3.8, 4) is 0 Å². The molecule has 0 aromatic rings. The molecule has 402 valence electrons. The van der Waals surface area contributed by atoms with E-state index in [0.717, 1.165) is 71.9 Å². The molecule has 0 aromatic carbocycles. The van der Waals surface area contributed by atoms with E-state index in [0.29, 0.717) is 6.42 Å². The smallest absolute Gasteiger partial charge is 0.219 e. The quantitative estimate of drug-likeness (QED) is 0.242. The lowest BCUT2D eigenvalue weighted by atomic mass is 10.1. The van der Waals surface area contributed by atoms with Crippen molar-refractivity contribution in [1.29, 1.82) is 0 Å². The van der Waals surface area contributed by atoms with E-state index >= 15 is 0 Å². The first kappa shape index (κ1) is 86.0. The first-order chi connectivity index (χ1) is 31.7. The van der Waals surface area contributed by atoms with Gasteiger partial charge in [0.2, 0.25) is 29.5 Å². The van der Waals surface area contributed by atoms with Crippen molar-refractivity contribution in [3.63, 3.8) is 0 Å². The van der Waals surface area contributed by atoms with Crippen molar-refractivity contribution < 1.29 is 28.8 Å². The highest BCUT2D eigenvalue weighted by atomic mass is 16.2. The number of Topliss-reactive ketones (excluding diaryl/α,β-unsaturated/α-hetero) is 1. The fourth-order valence-corrected chi connectivity index (χ4v) is 5.14. The maximum absolute atomic E-state index is 10.8. The number of carbonyl (C=O) groups is 6. The number of nitrogens with zero attached hydrogens (tertiary/aromatic N) is 5. The molecule has 0 saturated carbocycles. The third-order valence-electron chi connectivity index (χ3n) is 8.83. The Morgan fingerprint density at radius 1 is 0.348 bits per heavy atom. The molecule has 66 heavy (non-hydrogen) atoms. The highest BCUT2D eigenvalue weighted by Gasteiger charge is 2.15. The lowest BCUT2D eigenvalue weighted by Crippen LogP contribution is -2.40. The van der Waals surface area contributed by atoms with Crippen LogP contribution < -0.4 is 0 Å². The number of hydrogen-bond acceptors (Lipinski definition) is 6. The first-order valence-corrected chi connectivity index (χ1v) is 27.1. The van der Waals surface area contributed by atoms with Gasteiger partial charge < -0.3 is 29.3 Å². The molecule has 11 heteroatoms. The van der Waals surface area contributed by atoms with Crippen molar-refractivity contribution in [1.82, 2.24) is 24.5 Å². The summed E-state index contributed by atoms with van der Waals surface area (Å²) in [5.74, 6) is 1.34. The van der Waals surface area contributed by atoms with E-state index in [1.807, 2.05) is 156 Å². The SMILES string of the molecule is CC.CC.CC.CC.CC.CC.CC.CC.CC.CC(=O)N1CC=C(C)CC1.CC(=O)N1CCC1.CC(=O)N1CCCC1.CC(=O)N1CCCCC1.CC(=O)N1CCCCC1.CCC(C)=O. The molecule has 4 saturated heterocycles. The molecule has 5 aliphatic heterocycles. The zero-order valence-corrected chi connectivity index (χ0v) is 49.6. The van der Waals surface area contributed by atoms with Gasteiger partial charge in [0.05, 0.1) is 0 Å². The minimum atomic E-state index is 0.184. The predicted molar refractivity (Wildman–Crippen MR) is 294 cm³/mol. The van der Waals surface area contributed by atoms with Gasteiger partial charge in [0.15, 0.2) is 0 Å². The van der Waals surface area contributed by atoms with Gasteiger partial charge >= 0.3 is 0 Å². The summed E-state index contributed by atoms with van der Waals surface area (Å²) in [4.78, 5) is 72.4. The highest BCUT2D eigenvalue weighted by molar-refractivity contribution is 5.75. The molecule has 0 aromatic heterocycles. The molecule has 5 heterocycles. The number of carbonyl (C=O) groups excluding carboxylic acids is 6. The molecule has 5 aliphatic rings. The summed E-state index contributed by atoms with van der Waals surface area (Å²) < 4.78 is 0. The Kier molecular flexibility index (Phi) is 99.1. The molecule has 0 unspecified atom stereocenters. The molecular weight excluding hydrogens is 827 g/mol. The van der Waals surface area contributed by atoms with Crippen LogP contribution in [-0.4, -0.2) is 125 Å². The number of amides is 5. The van der Waals surface area contributed by atoms with Crippen LogP contribution >= 0.6 is 0 Å². The van der Waals surface area contributed by atoms with Crippen LogP contribution in [0.2, 0.25) is 0 Å². The Morgan fingerprint density at radius 3 is 0.667 bits per heavy atom. The maximum atomic E-state index is 10.8. The molecule has 4 fully saturated rings. The van der Waals surface area contributed by atoms with Crippen molar-refractivity contribution in [2.24, 2.45) is 0 Å². The summed E-state index contributed by atoms with van der Waals surface area (Å²) in [6.07, 6.45) is 14.8. The molecular formula is C55H121N5O6. The Labute approximate surface area is 415 Å². The summed E-state index contributed by atoms with van der Waals surface area (Å²) in [6.45, 7) is 59.2. The zero-order chi connectivity index (χ0) is 54.5.